The highest BCUT2D eigenvalue weighted by Gasteiger charge is 2.34. The first-order valence-electron chi connectivity index (χ1n) is 8.05. The van der Waals surface area contributed by atoms with Gasteiger partial charge in [0.25, 0.3) is 0 Å². The third-order valence-electron chi connectivity index (χ3n) is 4.76. The quantitative estimate of drug-likeness (QED) is 0.820. The van der Waals surface area contributed by atoms with Gasteiger partial charge in [0.05, 0.1) is 12.7 Å². The van der Waals surface area contributed by atoms with Crippen molar-refractivity contribution in [3.05, 3.63) is 0 Å². The molecule has 0 aromatic carbocycles. The van der Waals surface area contributed by atoms with Crippen molar-refractivity contribution in [3.8, 4) is 0 Å². The van der Waals surface area contributed by atoms with Gasteiger partial charge in [0.2, 0.25) is 0 Å². The van der Waals surface area contributed by atoms with Gasteiger partial charge in [-0.3, -0.25) is 9.80 Å². The van der Waals surface area contributed by atoms with Gasteiger partial charge in [-0.25, -0.2) is 0 Å². The molecule has 0 aromatic heterocycles. The molecule has 0 aliphatic carbocycles. The minimum atomic E-state index is 0.437. The van der Waals surface area contributed by atoms with E-state index in [0.29, 0.717) is 18.2 Å². The van der Waals surface area contributed by atoms with Crippen LogP contribution in [0.25, 0.3) is 0 Å². The molecule has 0 aromatic rings. The summed E-state index contributed by atoms with van der Waals surface area (Å²) in [4.78, 5) is 5.23. The van der Waals surface area contributed by atoms with Crippen molar-refractivity contribution in [2.75, 3.05) is 39.3 Å². The van der Waals surface area contributed by atoms with Crippen LogP contribution in [0.3, 0.4) is 0 Å². The van der Waals surface area contributed by atoms with Gasteiger partial charge < -0.3 is 10.1 Å². The van der Waals surface area contributed by atoms with Crippen molar-refractivity contribution in [2.45, 2.75) is 57.3 Å². The second kappa shape index (κ2) is 6.08. The molecule has 0 amide bonds. The fourth-order valence-corrected chi connectivity index (χ4v) is 3.89. The second-order valence-corrected chi connectivity index (χ2v) is 6.81. The molecule has 0 spiro atoms. The van der Waals surface area contributed by atoms with Gasteiger partial charge in [-0.05, 0) is 32.4 Å². The number of morpholine rings is 1. The fraction of sp³-hybridized carbons (Fsp3) is 1.00. The van der Waals surface area contributed by atoms with Crippen molar-refractivity contribution < 1.29 is 4.74 Å². The lowest BCUT2D eigenvalue weighted by Gasteiger charge is -2.36. The third-order valence-corrected chi connectivity index (χ3v) is 4.76. The van der Waals surface area contributed by atoms with Gasteiger partial charge in [-0.15, -0.1) is 0 Å². The van der Waals surface area contributed by atoms with Gasteiger partial charge >= 0.3 is 0 Å². The monoisotopic (exact) mass is 267 g/mol. The lowest BCUT2D eigenvalue weighted by molar-refractivity contribution is -0.0591. The first-order valence-corrected chi connectivity index (χ1v) is 8.05. The molecule has 3 aliphatic heterocycles. The minimum Gasteiger partial charge on any atom is -0.374 e. The predicted molar refractivity (Wildman–Crippen MR) is 77.5 cm³/mol. The van der Waals surface area contributed by atoms with Crippen LogP contribution in [0.15, 0.2) is 0 Å². The summed E-state index contributed by atoms with van der Waals surface area (Å²) in [5, 5.41) is 3.65. The number of ether oxygens (including phenoxy) is 1. The van der Waals surface area contributed by atoms with E-state index in [-0.39, 0.29) is 0 Å². The first kappa shape index (κ1) is 13.8. The van der Waals surface area contributed by atoms with E-state index >= 15 is 0 Å². The molecule has 3 unspecified atom stereocenters. The van der Waals surface area contributed by atoms with Crippen molar-refractivity contribution >= 4 is 0 Å². The van der Waals surface area contributed by atoms with Crippen molar-refractivity contribution in [2.24, 2.45) is 0 Å². The van der Waals surface area contributed by atoms with E-state index in [1.54, 1.807) is 0 Å². The van der Waals surface area contributed by atoms with Crippen LogP contribution in [-0.2, 0) is 4.74 Å². The molecule has 19 heavy (non-hydrogen) atoms. The normalized spacial score (nSPS) is 37.1. The zero-order chi connectivity index (χ0) is 13.2. The molecule has 3 atom stereocenters. The summed E-state index contributed by atoms with van der Waals surface area (Å²) < 4.78 is 6.07. The van der Waals surface area contributed by atoms with Crippen molar-refractivity contribution in [3.63, 3.8) is 0 Å². The second-order valence-electron chi connectivity index (χ2n) is 6.81. The lowest BCUT2D eigenvalue weighted by Crippen LogP contribution is -2.50. The topological polar surface area (TPSA) is 27.7 Å². The number of hydrogen-bond donors (Lipinski definition) is 1. The molecule has 3 rings (SSSR count). The van der Waals surface area contributed by atoms with Crippen LogP contribution in [0.1, 0.15) is 33.1 Å². The maximum Gasteiger partial charge on any atom is 0.0829 e. The van der Waals surface area contributed by atoms with E-state index in [4.69, 9.17) is 4.74 Å². The maximum atomic E-state index is 6.07. The van der Waals surface area contributed by atoms with Crippen LogP contribution in [-0.4, -0.2) is 73.4 Å². The Labute approximate surface area is 117 Å². The molecule has 3 saturated heterocycles. The van der Waals surface area contributed by atoms with Crippen LogP contribution in [0.4, 0.5) is 0 Å². The van der Waals surface area contributed by atoms with Gasteiger partial charge in [-0.1, -0.05) is 13.8 Å². The summed E-state index contributed by atoms with van der Waals surface area (Å²) in [5.41, 5.74) is 0. The van der Waals surface area contributed by atoms with Gasteiger partial charge in [0.15, 0.2) is 0 Å². The summed E-state index contributed by atoms with van der Waals surface area (Å²) in [6.07, 6.45) is 4.44. The Hall–Kier alpha value is -0.160. The van der Waals surface area contributed by atoms with Crippen LogP contribution in [0, 0.1) is 0 Å². The summed E-state index contributed by atoms with van der Waals surface area (Å²) in [6.45, 7) is 11.4. The van der Waals surface area contributed by atoms with E-state index in [1.807, 2.05) is 0 Å². The number of hydrogen-bond acceptors (Lipinski definition) is 4. The molecule has 0 bridgehead atoms. The predicted octanol–water partition coefficient (Wildman–Crippen LogP) is 0.922. The van der Waals surface area contributed by atoms with Crippen LogP contribution in [0.5, 0.6) is 0 Å². The third kappa shape index (κ3) is 3.48. The molecule has 4 heteroatoms. The Balaban J connectivity index is 1.42. The maximum absolute atomic E-state index is 6.07. The van der Waals surface area contributed by atoms with E-state index in [2.05, 4.69) is 29.0 Å². The number of nitrogens with zero attached hydrogens (tertiary/aromatic N) is 2. The van der Waals surface area contributed by atoms with Gasteiger partial charge in [-0.2, -0.15) is 0 Å². The highest BCUT2D eigenvalue weighted by Crippen LogP contribution is 2.23. The molecule has 110 valence electrons. The highest BCUT2D eigenvalue weighted by molar-refractivity contribution is 4.89. The molecular formula is C15H29N3O. The Kier molecular flexibility index (Phi) is 4.42. The summed E-state index contributed by atoms with van der Waals surface area (Å²) >= 11 is 0. The first-order chi connectivity index (χ1) is 9.20. The lowest BCUT2D eigenvalue weighted by atomic mass is 10.2. The number of rotatable bonds is 4. The Morgan fingerprint density at radius 2 is 2.11 bits per heavy atom. The fourth-order valence-electron chi connectivity index (χ4n) is 3.89. The molecule has 0 radical (unpaired) electrons. The summed E-state index contributed by atoms with van der Waals surface area (Å²) in [7, 11) is 0. The number of nitrogens with one attached hydrogen (secondary N) is 1. The molecular weight excluding hydrogens is 238 g/mol. The van der Waals surface area contributed by atoms with E-state index in [9.17, 15) is 0 Å². The van der Waals surface area contributed by atoms with Crippen LogP contribution in [0.2, 0.25) is 0 Å². The molecule has 3 fully saturated rings. The van der Waals surface area contributed by atoms with Crippen LogP contribution < -0.4 is 5.32 Å². The van der Waals surface area contributed by atoms with Crippen LogP contribution >= 0.6 is 0 Å². The molecule has 3 heterocycles. The smallest absolute Gasteiger partial charge is 0.0829 e. The van der Waals surface area contributed by atoms with E-state index in [0.717, 1.165) is 25.7 Å². The highest BCUT2D eigenvalue weighted by atomic mass is 16.5. The SMILES string of the molecule is CC(C)NC1CCN(CC2CN3CCCC3CO2)C1. The molecule has 1 N–H and O–H groups in total. The van der Waals surface area contributed by atoms with Gasteiger partial charge in [0.1, 0.15) is 0 Å². The van der Waals surface area contributed by atoms with E-state index < -0.39 is 0 Å². The Bertz CT molecular complexity index is 297. The molecule has 3 aliphatic rings. The Morgan fingerprint density at radius 1 is 1.21 bits per heavy atom. The zero-order valence-corrected chi connectivity index (χ0v) is 12.5. The largest absolute Gasteiger partial charge is 0.374 e. The standard InChI is InChI=1S/C15H29N3O/c1-12(2)16-13-5-7-17(8-13)9-15-10-18-6-3-4-14(18)11-19-15/h12-16H,3-11H2,1-2H3. The minimum absolute atomic E-state index is 0.437. The summed E-state index contributed by atoms with van der Waals surface area (Å²) in [6, 6.07) is 2.01. The Morgan fingerprint density at radius 3 is 2.95 bits per heavy atom. The van der Waals surface area contributed by atoms with Crippen molar-refractivity contribution in [1.82, 2.24) is 15.1 Å². The van der Waals surface area contributed by atoms with Crippen molar-refractivity contribution in [1.29, 1.82) is 0 Å². The number of fused-ring (bicyclic) bond motifs is 1. The average molecular weight is 267 g/mol. The molecule has 4 nitrogen and oxygen atoms in total. The number of likely N-dealkylation sites (tertiary alicyclic amines) is 1. The van der Waals surface area contributed by atoms with E-state index in [1.165, 1.54) is 38.9 Å². The summed E-state index contributed by atoms with van der Waals surface area (Å²) in [5.74, 6) is 0. The zero-order valence-electron chi connectivity index (χ0n) is 12.5. The molecule has 0 saturated carbocycles. The van der Waals surface area contributed by atoms with Gasteiger partial charge in [0, 0.05) is 37.8 Å². The average Bonchev–Trinajstić information content (AvgIpc) is 2.97.